The molecule has 0 N–H and O–H groups in total. The quantitative estimate of drug-likeness (QED) is 0.478. The second-order valence-corrected chi connectivity index (χ2v) is 7.34. The number of benzene rings is 3. The first kappa shape index (κ1) is 17.4. The molecule has 1 aliphatic heterocycles. The number of hydrogen-bond acceptors (Lipinski definition) is 2. The molecule has 0 atom stereocenters. The number of nitrogens with zero attached hydrogens (tertiary/aromatic N) is 2. The Balaban J connectivity index is 1.42. The number of hydrogen-bond donors (Lipinski definition) is 0. The first-order chi connectivity index (χ1) is 14.2. The highest BCUT2D eigenvalue weighted by Gasteiger charge is 2.34. The molecule has 0 saturated carbocycles. The van der Waals surface area contributed by atoms with Gasteiger partial charge in [-0.2, -0.15) is 0 Å². The highest BCUT2D eigenvalue weighted by atomic mass is 16.2. The van der Waals surface area contributed by atoms with Gasteiger partial charge in [0.15, 0.2) is 0 Å². The fourth-order valence-electron chi connectivity index (χ4n) is 4.11. The van der Waals surface area contributed by atoms with Crippen LogP contribution in [0.15, 0.2) is 85.1 Å². The van der Waals surface area contributed by atoms with Crippen LogP contribution in [0.1, 0.15) is 31.8 Å². The first-order valence-electron chi connectivity index (χ1n) is 9.78. The molecule has 1 aromatic heterocycles. The van der Waals surface area contributed by atoms with E-state index in [1.807, 2.05) is 30.3 Å². The second-order valence-electron chi connectivity index (χ2n) is 7.34. The maximum atomic E-state index is 12.6. The van der Waals surface area contributed by atoms with Gasteiger partial charge >= 0.3 is 0 Å². The normalized spacial score (nSPS) is 13.3. The van der Waals surface area contributed by atoms with E-state index in [1.165, 1.54) is 15.8 Å². The number of amides is 2. The predicted octanol–water partition coefficient (Wildman–Crippen LogP) is 4.53. The lowest BCUT2D eigenvalue weighted by Crippen LogP contribution is -2.31. The van der Waals surface area contributed by atoms with Gasteiger partial charge in [0.2, 0.25) is 0 Å². The van der Waals surface area contributed by atoms with E-state index in [0.29, 0.717) is 24.1 Å². The molecule has 0 bridgehead atoms. The molecule has 3 aromatic carbocycles. The van der Waals surface area contributed by atoms with Crippen LogP contribution in [0.2, 0.25) is 0 Å². The Bertz CT molecular complexity index is 1190. The minimum atomic E-state index is -0.196. The van der Waals surface area contributed by atoms with Gasteiger partial charge in [-0.3, -0.25) is 14.5 Å². The minimum Gasteiger partial charge on any atom is -0.343 e. The maximum absolute atomic E-state index is 12.6. The topological polar surface area (TPSA) is 42.3 Å². The predicted molar refractivity (Wildman–Crippen MR) is 113 cm³/mol. The number of rotatable bonds is 5. The van der Waals surface area contributed by atoms with E-state index in [-0.39, 0.29) is 11.8 Å². The van der Waals surface area contributed by atoms with Crippen LogP contribution >= 0.6 is 0 Å². The summed E-state index contributed by atoms with van der Waals surface area (Å²) >= 11 is 0. The van der Waals surface area contributed by atoms with Crippen LogP contribution in [-0.4, -0.2) is 27.8 Å². The first-order valence-corrected chi connectivity index (χ1v) is 9.78. The smallest absolute Gasteiger partial charge is 0.261 e. The number of para-hydroxylation sites is 1. The van der Waals surface area contributed by atoms with E-state index in [2.05, 4.69) is 35.0 Å². The van der Waals surface area contributed by atoms with Gasteiger partial charge in [0.05, 0.1) is 11.1 Å². The lowest BCUT2D eigenvalue weighted by atomic mass is 10.1. The molecule has 29 heavy (non-hydrogen) atoms. The molecule has 2 amide bonds. The van der Waals surface area contributed by atoms with Gasteiger partial charge in [0, 0.05) is 30.2 Å². The fraction of sp³-hybridized carbons (Fsp3) is 0.120. The Morgan fingerprint density at radius 3 is 2.03 bits per heavy atom. The SMILES string of the molecule is O=C1c2ccccc2C(=O)N1CCc1cn(Cc2ccccc2)c2ccccc12. The molecular weight excluding hydrogens is 360 g/mol. The summed E-state index contributed by atoms with van der Waals surface area (Å²) in [5.74, 6) is -0.391. The number of carbonyl (C=O) groups excluding carboxylic acids is 2. The van der Waals surface area contributed by atoms with Crippen molar-refractivity contribution in [1.29, 1.82) is 0 Å². The zero-order valence-electron chi connectivity index (χ0n) is 15.9. The van der Waals surface area contributed by atoms with Gasteiger partial charge in [-0.05, 0) is 35.7 Å². The van der Waals surface area contributed by atoms with Crippen LogP contribution in [-0.2, 0) is 13.0 Å². The summed E-state index contributed by atoms with van der Waals surface area (Å²) in [6, 6.07) is 25.7. The molecule has 4 heteroatoms. The summed E-state index contributed by atoms with van der Waals surface area (Å²) in [6.45, 7) is 1.17. The highest BCUT2D eigenvalue weighted by molar-refractivity contribution is 6.21. The van der Waals surface area contributed by atoms with Gasteiger partial charge < -0.3 is 4.57 Å². The summed E-state index contributed by atoms with van der Waals surface area (Å²) < 4.78 is 2.24. The molecule has 0 radical (unpaired) electrons. The van der Waals surface area contributed by atoms with Gasteiger partial charge in [0.1, 0.15) is 0 Å². The van der Waals surface area contributed by atoms with E-state index in [1.54, 1.807) is 24.3 Å². The Morgan fingerprint density at radius 2 is 1.31 bits per heavy atom. The Kier molecular flexibility index (Phi) is 4.24. The highest BCUT2D eigenvalue weighted by Crippen LogP contribution is 2.26. The molecule has 5 rings (SSSR count). The van der Waals surface area contributed by atoms with E-state index in [9.17, 15) is 9.59 Å². The summed E-state index contributed by atoms with van der Waals surface area (Å²) in [7, 11) is 0. The zero-order chi connectivity index (χ0) is 19.8. The average molecular weight is 380 g/mol. The summed E-state index contributed by atoms with van der Waals surface area (Å²) in [4.78, 5) is 26.6. The maximum Gasteiger partial charge on any atom is 0.261 e. The van der Waals surface area contributed by atoms with E-state index in [4.69, 9.17) is 0 Å². The van der Waals surface area contributed by atoms with E-state index in [0.717, 1.165) is 17.6 Å². The summed E-state index contributed by atoms with van der Waals surface area (Å²) in [5.41, 5.74) is 4.55. The standard InChI is InChI=1S/C25H20N2O2/c28-24-21-11-4-5-12-22(21)25(29)27(24)15-14-19-17-26(16-18-8-2-1-3-9-18)23-13-7-6-10-20(19)23/h1-13,17H,14-16H2. The molecule has 4 nitrogen and oxygen atoms in total. The van der Waals surface area contributed by atoms with Crippen LogP contribution in [0.3, 0.4) is 0 Å². The molecule has 0 fully saturated rings. The lowest BCUT2D eigenvalue weighted by molar-refractivity contribution is 0.0656. The van der Waals surface area contributed by atoms with Gasteiger partial charge in [0.25, 0.3) is 11.8 Å². The fourth-order valence-corrected chi connectivity index (χ4v) is 4.11. The third-order valence-corrected chi connectivity index (χ3v) is 5.55. The van der Waals surface area contributed by atoms with Crippen LogP contribution in [0.25, 0.3) is 10.9 Å². The molecule has 142 valence electrons. The summed E-state index contributed by atoms with van der Waals surface area (Å²) in [6.07, 6.45) is 2.78. The van der Waals surface area contributed by atoms with E-state index < -0.39 is 0 Å². The molecule has 0 aliphatic carbocycles. The average Bonchev–Trinajstić information content (AvgIpc) is 3.23. The van der Waals surface area contributed by atoms with Crippen molar-refractivity contribution in [3.63, 3.8) is 0 Å². The van der Waals surface area contributed by atoms with Crippen molar-refractivity contribution < 1.29 is 9.59 Å². The Hall–Kier alpha value is -3.66. The van der Waals surface area contributed by atoms with Gasteiger partial charge in [-0.15, -0.1) is 0 Å². The lowest BCUT2D eigenvalue weighted by Gasteiger charge is -2.13. The third-order valence-electron chi connectivity index (χ3n) is 5.55. The van der Waals surface area contributed by atoms with Crippen LogP contribution < -0.4 is 0 Å². The molecule has 0 spiro atoms. The Morgan fingerprint density at radius 1 is 0.690 bits per heavy atom. The molecule has 1 aliphatic rings. The summed E-state index contributed by atoms with van der Waals surface area (Å²) in [5, 5.41) is 1.17. The molecule has 0 saturated heterocycles. The molecule has 4 aromatic rings. The van der Waals surface area contributed by atoms with Crippen LogP contribution in [0, 0.1) is 0 Å². The van der Waals surface area contributed by atoms with Crippen LogP contribution in [0.5, 0.6) is 0 Å². The zero-order valence-corrected chi connectivity index (χ0v) is 15.9. The van der Waals surface area contributed by atoms with Crippen molar-refractivity contribution in [3.8, 4) is 0 Å². The Labute approximate surface area is 169 Å². The molecule has 2 heterocycles. The van der Waals surface area contributed by atoms with Crippen molar-refractivity contribution in [2.24, 2.45) is 0 Å². The molecular formula is C25H20N2O2. The van der Waals surface area contributed by atoms with Crippen molar-refractivity contribution in [2.75, 3.05) is 6.54 Å². The number of aromatic nitrogens is 1. The van der Waals surface area contributed by atoms with Gasteiger partial charge in [-0.25, -0.2) is 0 Å². The number of carbonyl (C=O) groups is 2. The van der Waals surface area contributed by atoms with E-state index >= 15 is 0 Å². The van der Waals surface area contributed by atoms with Crippen LogP contribution in [0.4, 0.5) is 0 Å². The van der Waals surface area contributed by atoms with Crippen molar-refractivity contribution >= 4 is 22.7 Å². The number of fused-ring (bicyclic) bond motifs is 2. The minimum absolute atomic E-state index is 0.196. The largest absolute Gasteiger partial charge is 0.343 e. The van der Waals surface area contributed by atoms with Crippen molar-refractivity contribution in [1.82, 2.24) is 9.47 Å². The van der Waals surface area contributed by atoms with Crippen molar-refractivity contribution in [3.05, 3.63) is 107 Å². The van der Waals surface area contributed by atoms with Gasteiger partial charge in [-0.1, -0.05) is 60.7 Å². The molecule has 0 unspecified atom stereocenters. The van der Waals surface area contributed by atoms with Crippen molar-refractivity contribution in [2.45, 2.75) is 13.0 Å². The monoisotopic (exact) mass is 380 g/mol. The number of imide groups is 1. The third kappa shape index (κ3) is 3.03. The second kappa shape index (κ2) is 7.06.